The monoisotopic (exact) mass is 820 g/mol. The van der Waals surface area contributed by atoms with Gasteiger partial charge in [-0.05, 0) is 97.1 Å². The second-order valence-electron chi connectivity index (χ2n) is 16.5. The van der Waals surface area contributed by atoms with E-state index in [4.69, 9.17) is 15.0 Å². The van der Waals surface area contributed by atoms with Crippen LogP contribution >= 0.6 is 11.3 Å². The van der Waals surface area contributed by atoms with Gasteiger partial charge < -0.3 is 0 Å². The Balaban J connectivity index is 0.936. The van der Waals surface area contributed by atoms with Gasteiger partial charge in [0.1, 0.15) is 0 Å². The topological polar surface area (TPSA) is 51.6 Å². The maximum Gasteiger partial charge on any atom is 0.165 e. The molecule has 2 bridgehead atoms. The fourth-order valence-electron chi connectivity index (χ4n) is 10.0. The van der Waals surface area contributed by atoms with Gasteiger partial charge in [0.15, 0.2) is 17.5 Å². The minimum Gasteiger partial charge on any atom is -0.264 e. The van der Waals surface area contributed by atoms with Gasteiger partial charge in [0, 0.05) is 61.1 Å². The molecular weight excluding hydrogens is 785 g/mol. The summed E-state index contributed by atoms with van der Waals surface area (Å²) in [5, 5.41) is 2.47. The van der Waals surface area contributed by atoms with Crippen LogP contribution in [0, 0.1) is 0 Å². The first-order valence-electron chi connectivity index (χ1n) is 21.4. The third-order valence-electron chi connectivity index (χ3n) is 13.0. The lowest BCUT2D eigenvalue weighted by molar-refractivity contribution is 0.755. The number of benzene rings is 8. The van der Waals surface area contributed by atoms with Crippen molar-refractivity contribution in [1.29, 1.82) is 0 Å². The second-order valence-corrected chi connectivity index (χ2v) is 17.6. The predicted octanol–water partition coefficient (Wildman–Crippen LogP) is 14.6. The summed E-state index contributed by atoms with van der Waals surface area (Å²) in [4.78, 5) is 20.2. The molecule has 3 aliphatic carbocycles. The molecule has 0 N–H and O–H groups in total. The number of hydrogen-bond donors (Lipinski definition) is 0. The number of pyridine rings is 1. The molecule has 0 aliphatic heterocycles. The van der Waals surface area contributed by atoms with Crippen molar-refractivity contribution in [2.45, 2.75) is 11.8 Å². The zero-order valence-corrected chi connectivity index (χ0v) is 34.8. The lowest BCUT2D eigenvalue weighted by Gasteiger charge is -2.42. The van der Waals surface area contributed by atoms with Crippen LogP contribution in [-0.4, -0.2) is 19.9 Å². The summed E-state index contributed by atoms with van der Waals surface area (Å²) in [6, 6.07) is 70.2. The second kappa shape index (κ2) is 14.4. The normalized spacial score (nSPS) is 14.7. The Morgan fingerprint density at radius 2 is 0.841 bits per heavy atom. The van der Waals surface area contributed by atoms with Crippen LogP contribution < -0.4 is 0 Å². The van der Waals surface area contributed by atoms with Gasteiger partial charge >= 0.3 is 0 Å². The van der Waals surface area contributed by atoms with Crippen molar-refractivity contribution in [2.75, 3.05) is 0 Å². The lowest BCUT2D eigenvalue weighted by Crippen LogP contribution is -2.27. The molecule has 0 fully saturated rings. The van der Waals surface area contributed by atoms with Crippen LogP contribution in [0.5, 0.6) is 0 Å². The van der Waals surface area contributed by atoms with E-state index in [0.29, 0.717) is 17.5 Å². The molecule has 4 nitrogen and oxygen atoms in total. The first-order valence-corrected chi connectivity index (χ1v) is 22.2. The summed E-state index contributed by atoms with van der Waals surface area (Å²) in [7, 11) is 0. The lowest BCUT2D eigenvalue weighted by atomic mass is 9.60. The van der Waals surface area contributed by atoms with Crippen LogP contribution in [0.25, 0.3) is 87.7 Å². The van der Waals surface area contributed by atoms with Crippen molar-refractivity contribution in [2.24, 2.45) is 0 Å². The maximum atomic E-state index is 5.34. The molecule has 11 aromatic rings. The van der Waals surface area contributed by atoms with Gasteiger partial charge in [-0.3, -0.25) is 4.98 Å². The number of hydrogen-bond acceptors (Lipinski definition) is 5. The van der Waals surface area contributed by atoms with Crippen LogP contribution in [0.1, 0.15) is 45.2 Å². The Morgan fingerprint density at radius 1 is 0.333 bits per heavy atom. The van der Waals surface area contributed by atoms with E-state index in [9.17, 15) is 0 Å². The van der Waals surface area contributed by atoms with Crippen molar-refractivity contribution < 1.29 is 0 Å². The number of rotatable bonds is 6. The standard InChI is InChI=1S/C58H36N4S/c1-2-10-35(11-3-1)36-23-25-39(26-24-36)56-60-57(62-58(61-56)49-17-8-16-48-43-13-6-7-18-52(43)63-55(48)49)41-28-30-47-51(33-41)54-45-15-5-4-14-44(45)53(47)50-32-40(27-29-46(50)54)37-19-21-38(22-20-37)42-12-9-31-59-34-42/h1-34,53-54H. The molecule has 2 unspecified atom stereocenters. The van der Waals surface area contributed by atoms with Gasteiger partial charge in [-0.25, -0.2) is 15.0 Å². The molecule has 0 saturated carbocycles. The van der Waals surface area contributed by atoms with Crippen molar-refractivity contribution in [3.63, 3.8) is 0 Å². The molecule has 3 heterocycles. The molecule has 0 radical (unpaired) electrons. The predicted molar refractivity (Wildman–Crippen MR) is 258 cm³/mol. The van der Waals surface area contributed by atoms with Gasteiger partial charge in [-0.2, -0.15) is 0 Å². The van der Waals surface area contributed by atoms with Crippen LogP contribution in [-0.2, 0) is 0 Å². The molecule has 5 heteroatoms. The van der Waals surface area contributed by atoms with E-state index in [1.807, 2.05) is 24.5 Å². The third kappa shape index (κ3) is 5.89. The van der Waals surface area contributed by atoms with Gasteiger partial charge in [0.25, 0.3) is 0 Å². The zero-order valence-electron chi connectivity index (χ0n) is 34.0. The summed E-state index contributed by atoms with van der Waals surface area (Å²) in [5.41, 5.74) is 18.2. The highest BCUT2D eigenvalue weighted by atomic mass is 32.1. The summed E-state index contributed by atoms with van der Waals surface area (Å²) in [6.07, 6.45) is 3.73. The van der Waals surface area contributed by atoms with Crippen LogP contribution in [0.4, 0.5) is 0 Å². The SMILES string of the molecule is c1ccc(-c2ccc(-c3nc(-c4ccc5c(c4)C4c6ccccc6C5c5cc(-c6ccc(-c7cccnc7)cc6)ccc54)nc(-c4cccc5c4sc4ccccc45)n3)cc2)cc1. The Morgan fingerprint density at radius 3 is 1.56 bits per heavy atom. The Bertz CT molecular complexity index is 3560. The van der Waals surface area contributed by atoms with E-state index in [1.165, 1.54) is 70.2 Å². The highest BCUT2D eigenvalue weighted by molar-refractivity contribution is 7.26. The van der Waals surface area contributed by atoms with Gasteiger partial charge in [0.05, 0.1) is 0 Å². The Labute approximate surface area is 368 Å². The van der Waals surface area contributed by atoms with E-state index >= 15 is 0 Å². The minimum atomic E-state index is 0.0942. The number of thiophene rings is 1. The molecule has 63 heavy (non-hydrogen) atoms. The summed E-state index contributed by atoms with van der Waals surface area (Å²) in [6.45, 7) is 0. The highest BCUT2D eigenvalue weighted by Crippen LogP contribution is 2.56. The number of nitrogens with zero attached hydrogens (tertiary/aromatic N) is 4. The largest absolute Gasteiger partial charge is 0.264 e. The fraction of sp³-hybridized carbons (Fsp3) is 0.0345. The van der Waals surface area contributed by atoms with E-state index in [0.717, 1.165) is 33.4 Å². The average Bonchev–Trinajstić information content (AvgIpc) is 3.75. The molecule has 8 aromatic carbocycles. The summed E-state index contributed by atoms with van der Waals surface area (Å²) < 4.78 is 2.43. The molecule has 294 valence electrons. The first-order chi connectivity index (χ1) is 31.2. The summed E-state index contributed by atoms with van der Waals surface area (Å²) in [5.74, 6) is 2.22. The van der Waals surface area contributed by atoms with E-state index in [1.54, 1.807) is 11.3 Å². The van der Waals surface area contributed by atoms with Gasteiger partial charge in [-0.1, -0.05) is 164 Å². The first kappa shape index (κ1) is 35.9. The average molecular weight is 821 g/mol. The van der Waals surface area contributed by atoms with E-state index < -0.39 is 0 Å². The van der Waals surface area contributed by atoms with E-state index in [2.05, 4.69) is 187 Å². The van der Waals surface area contributed by atoms with Gasteiger partial charge in [0.2, 0.25) is 0 Å². The molecule has 14 rings (SSSR count). The Hall–Kier alpha value is -7.86. The molecule has 2 atom stereocenters. The molecule has 0 amide bonds. The highest BCUT2D eigenvalue weighted by Gasteiger charge is 2.41. The number of aromatic nitrogens is 4. The molecule has 3 aliphatic rings. The quantitative estimate of drug-likeness (QED) is 0.168. The van der Waals surface area contributed by atoms with Gasteiger partial charge in [-0.15, -0.1) is 11.3 Å². The summed E-state index contributed by atoms with van der Waals surface area (Å²) >= 11 is 1.80. The smallest absolute Gasteiger partial charge is 0.165 e. The van der Waals surface area contributed by atoms with Crippen molar-refractivity contribution >= 4 is 31.5 Å². The zero-order chi connectivity index (χ0) is 41.4. The van der Waals surface area contributed by atoms with Crippen LogP contribution in [0.3, 0.4) is 0 Å². The van der Waals surface area contributed by atoms with E-state index in [-0.39, 0.29) is 11.8 Å². The van der Waals surface area contributed by atoms with Crippen molar-refractivity contribution in [3.8, 4) is 67.5 Å². The third-order valence-corrected chi connectivity index (χ3v) is 14.3. The molecule has 0 spiro atoms. The molecule has 3 aromatic heterocycles. The maximum absolute atomic E-state index is 5.34. The van der Waals surface area contributed by atoms with Crippen LogP contribution in [0.2, 0.25) is 0 Å². The molecular formula is C58H36N4S. The molecule has 0 saturated heterocycles. The minimum absolute atomic E-state index is 0.0942. The van der Waals surface area contributed by atoms with Crippen molar-refractivity contribution in [3.05, 3.63) is 240 Å². The Kier molecular flexibility index (Phi) is 8.18. The number of fused-ring (bicyclic) bond motifs is 3. The van der Waals surface area contributed by atoms with Crippen molar-refractivity contribution in [1.82, 2.24) is 19.9 Å². The fourth-order valence-corrected chi connectivity index (χ4v) is 11.3. The van der Waals surface area contributed by atoms with Crippen LogP contribution in [0.15, 0.2) is 207 Å².